The molecule has 0 aliphatic carbocycles. The van der Waals surface area contributed by atoms with Gasteiger partial charge in [-0.15, -0.1) is 0 Å². The Labute approximate surface area is 228 Å². The Kier molecular flexibility index (Phi) is 25.9. The van der Waals surface area contributed by atoms with Crippen molar-refractivity contribution in [2.24, 2.45) is 0 Å². The first-order valence-corrected chi connectivity index (χ1v) is 16.1. The average Bonchev–Trinajstić information content (AvgIpc) is 2.90. The van der Waals surface area contributed by atoms with Crippen LogP contribution in [0.25, 0.3) is 0 Å². The highest BCUT2D eigenvalue weighted by Gasteiger charge is 2.24. The zero-order valence-electron chi connectivity index (χ0n) is 24.3. The molecule has 0 aliphatic heterocycles. The Morgan fingerprint density at radius 1 is 0.703 bits per heavy atom. The average molecular weight is 546 g/mol. The number of esters is 1. The number of phosphoric ester groups is 1. The lowest BCUT2D eigenvalue weighted by atomic mass is 10.1. The highest BCUT2D eigenvalue weighted by atomic mass is 31.2. The standard InChI is InChI=1S/C29H56NO6P/c1-5-8-9-10-11-12-13-14-15-16-17-18-19-20-21-24-29(31)34-26-23-28-36-37(32,33-4)35-27-22-25-30(6-2)7-3/h8-9,14-15H,5-7,10-13,16-28H2,1-4H3/b9-8-,15-14-. The van der Waals surface area contributed by atoms with Crippen LogP contribution in [-0.2, 0) is 27.7 Å². The van der Waals surface area contributed by atoms with Crippen molar-refractivity contribution in [1.82, 2.24) is 4.90 Å². The normalized spacial score (nSPS) is 13.6. The molecule has 0 radical (unpaired) electrons. The number of ether oxygens (including phenoxy) is 1. The van der Waals surface area contributed by atoms with E-state index in [2.05, 4.69) is 50.0 Å². The zero-order chi connectivity index (χ0) is 27.5. The number of carbonyl (C=O) groups is 1. The van der Waals surface area contributed by atoms with Gasteiger partial charge in [0.05, 0.1) is 19.8 Å². The van der Waals surface area contributed by atoms with Crippen LogP contribution >= 0.6 is 7.82 Å². The summed E-state index contributed by atoms with van der Waals surface area (Å²) < 4.78 is 33.3. The maximum absolute atomic E-state index is 12.4. The van der Waals surface area contributed by atoms with Gasteiger partial charge < -0.3 is 9.64 Å². The second-order valence-corrected chi connectivity index (χ2v) is 11.0. The summed E-state index contributed by atoms with van der Waals surface area (Å²) in [6, 6.07) is 0. The molecule has 0 amide bonds. The van der Waals surface area contributed by atoms with Gasteiger partial charge in [-0.1, -0.05) is 64.3 Å². The maximum Gasteiger partial charge on any atom is 0.474 e. The number of rotatable bonds is 27. The molecule has 1 unspecified atom stereocenters. The molecule has 8 heteroatoms. The third kappa shape index (κ3) is 23.8. The van der Waals surface area contributed by atoms with Crippen molar-refractivity contribution in [3.63, 3.8) is 0 Å². The minimum absolute atomic E-state index is 0.152. The van der Waals surface area contributed by atoms with Crippen molar-refractivity contribution in [3.8, 4) is 0 Å². The van der Waals surface area contributed by atoms with Crippen molar-refractivity contribution in [3.05, 3.63) is 24.3 Å². The number of hydrogen-bond acceptors (Lipinski definition) is 7. The van der Waals surface area contributed by atoms with Crippen LogP contribution in [-0.4, -0.2) is 57.4 Å². The minimum Gasteiger partial charge on any atom is -0.466 e. The molecule has 0 aliphatic rings. The van der Waals surface area contributed by atoms with Crippen LogP contribution in [0.2, 0.25) is 0 Å². The van der Waals surface area contributed by atoms with Crippen molar-refractivity contribution in [2.45, 2.75) is 111 Å². The Morgan fingerprint density at radius 2 is 1.24 bits per heavy atom. The van der Waals surface area contributed by atoms with E-state index in [0.717, 1.165) is 58.2 Å². The van der Waals surface area contributed by atoms with Crippen LogP contribution in [0.4, 0.5) is 0 Å². The second-order valence-electron chi connectivity index (χ2n) is 9.19. The van der Waals surface area contributed by atoms with E-state index in [1.54, 1.807) is 0 Å². The van der Waals surface area contributed by atoms with Gasteiger partial charge in [0.25, 0.3) is 0 Å². The van der Waals surface area contributed by atoms with Crippen LogP contribution in [0, 0.1) is 0 Å². The van der Waals surface area contributed by atoms with Crippen LogP contribution in [0.15, 0.2) is 24.3 Å². The Hall–Kier alpha value is -0.980. The van der Waals surface area contributed by atoms with Crippen LogP contribution in [0.3, 0.4) is 0 Å². The molecule has 0 saturated heterocycles. The number of carbonyl (C=O) groups excluding carboxylic acids is 1. The summed E-state index contributed by atoms with van der Waals surface area (Å²) in [7, 11) is -2.24. The number of allylic oxidation sites excluding steroid dienone is 4. The van der Waals surface area contributed by atoms with Gasteiger partial charge in [-0.2, -0.15) is 0 Å². The minimum atomic E-state index is -3.55. The maximum atomic E-state index is 12.4. The van der Waals surface area contributed by atoms with E-state index in [9.17, 15) is 9.36 Å². The fourth-order valence-electron chi connectivity index (χ4n) is 3.75. The van der Waals surface area contributed by atoms with Crippen molar-refractivity contribution >= 4 is 13.8 Å². The molecule has 0 aromatic heterocycles. The van der Waals surface area contributed by atoms with Gasteiger partial charge in [-0.25, -0.2) is 4.57 Å². The molecule has 7 nitrogen and oxygen atoms in total. The third-order valence-electron chi connectivity index (χ3n) is 6.10. The van der Waals surface area contributed by atoms with Gasteiger partial charge in [0.2, 0.25) is 0 Å². The van der Waals surface area contributed by atoms with E-state index < -0.39 is 7.82 Å². The largest absolute Gasteiger partial charge is 0.474 e. The summed E-state index contributed by atoms with van der Waals surface area (Å²) in [6.07, 6.45) is 23.5. The number of nitrogens with zero attached hydrogens (tertiary/aromatic N) is 1. The molecule has 0 bridgehead atoms. The van der Waals surface area contributed by atoms with Gasteiger partial charge in [0.1, 0.15) is 0 Å². The molecule has 0 N–H and O–H groups in total. The van der Waals surface area contributed by atoms with E-state index in [0.29, 0.717) is 19.4 Å². The van der Waals surface area contributed by atoms with E-state index >= 15 is 0 Å². The van der Waals surface area contributed by atoms with Crippen molar-refractivity contribution in [1.29, 1.82) is 0 Å². The topological polar surface area (TPSA) is 74.3 Å². The molecule has 0 spiro atoms. The Balaban J connectivity index is 3.59. The predicted molar refractivity (Wildman–Crippen MR) is 154 cm³/mol. The summed E-state index contributed by atoms with van der Waals surface area (Å²) in [6.45, 7) is 9.92. The first-order chi connectivity index (χ1) is 18.0. The zero-order valence-corrected chi connectivity index (χ0v) is 25.2. The molecule has 0 aromatic rings. The van der Waals surface area contributed by atoms with E-state index in [1.807, 2.05) is 0 Å². The lowest BCUT2D eigenvalue weighted by molar-refractivity contribution is -0.144. The summed E-state index contributed by atoms with van der Waals surface area (Å²) in [5.74, 6) is -0.185. The quantitative estimate of drug-likeness (QED) is 0.0445. The number of hydrogen-bond donors (Lipinski definition) is 0. The van der Waals surface area contributed by atoms with E-state index in [1.165, 1.54) is 45.6 Å². The van der Waals surface area contributed by atoms with Gasteiger partial charge in [0.15, 0.2) is 0 Å². The fraction of sp³-hybridized carbons (Fsp3) is 0.828. The highest BCUT2D eigenvalue weighted by Crippen LogP contribution is 2.48. The van der Waals surface area contributed by atoms with Crippen molar-refractivity contribution in [2.75, 3.05) is 46.6 Å². The third-order valence-corrected chi connectivity index (χ3v) is 7.54. The molecule has 0 rings (SSSR count). The van der Waals surface area contributed by atoms with Crippen LogP contribution < -0.4 is 0 Å². The summed E-state index contributed by atoms with van der Waals surface area (Å²) in [4.78, 5) is 14.2. The second kappa shape index (κ2) is 26.6. The molecule has 37 heavy (non-hydrogen) atoms. The molecule has 218 valence electrons. The van der Waals surface area contributed by atoms with Crippen molar-refractivity contribution < 1.29 is 27.7 Å². The SMILES string of the molecule is CC/C=C\CCCC/C=C\CCCCCCCC(=O)OCCCOP(=O)(OC)OCCCN(CC)CC. The molecule has 0 heterocycles. The lowest BCUT2D eigenvalue weighted by Gasteiger charge is -2.19. The van der Waals surface area contributed by atoms with Crippen LogP contribution in [0.1, 0.15) is 111 Å². The first-order valence-electron chi connectivity index (χ1n) is 14.6. The summed E-state index contributed by atoms with van der Waals surface area (Å²) >= 11 is 0. The fourth-order valence-corrected chi connectivity index (χ4v) is 4.74. The Morgan fingerprint density at radius 3 is 1.84 bits per heavy atom. The lowest BCUT2D eigenvalue weighted by Crippen LogP contribution is -2.24. The summed E-state index contributed by atoms with van der Waals surface area (Å²) in [5.41, 5.74) is 0. The smallest absolute Gasteiger partial charge is 0.466 e. The monoisotopic (exact) mass is 545 g/mol. The molecule has 1 atom stereocenters. The molecule has 0 saturated carbocycles. The molecule has 0 fully saturated rings. The van der Waals surface area contributed by atoms with Gasteiger partial charge in [-0.05, 0) is 70.9 Å². The van der Waals surface area contributed by atoms with Gasteiger partial charge in [0, 0.05) is 26.5 Å². The van der Waals surface area contributed by atoms with E-state index in [4.69, 9.17) is 18.3 Å². The molecular formula is C29H56NO6P. The van der Waals surface area contributed by atoms with Gasteiger partial charge >= 0.3 is 13.8 Å². The number of unbranched alkanes of at least 4 members (excludes halogenated alkanes) is 8. The van der Waals surface area contributed by atoms with E-state index in [-0.39, 0.29) is 19.2 Å². The molecular weight excluding hydrogens is 489 g/mol. The first kappa shape index (κ1) is 36.0. The van der Waals surface area contributed by atoms with Crippen LogP contribution in [0.5, 0.6) is 0 Å². The Bertz CT molecular complexity index is 622. The number of phosphoric acid groups is 1. The highest BCUT2D eigenvalue weighted by molar-refractivity contribution is 7.48. The predicted octanol–water partition coefficient (Wildman–Crippen LogP) is 8.25. The van der Waals surface area contributed by atoms with Gasteiger partial charge in [-0.3, -0.25) is 18.4 Å². The molecule has 0 aromatic carbocycles. The summed E-state index contributed by atoms with van der Waals surface area (Å²) in [5, 5.41) is 0.